The van der Waals surface area contributed by atoms with Crippen molar-refractivity contribution in [3.8, 4) is 0 Å². The van der Waals surface area contributed by atoms with Gasteiger partial charge in [-0.3, -0.25) is 0 Å². The van der Waals surface area contributed by atoms with Crippen molar-refractivity contribution in [2.24, 2.45) is 0 Å². The molecule has 0 N–H and O–H groups in total. The Morgan fingerprint density at radius 1 is 1.60 bits per heavy atom. The Bertz CT molecular complexity index is 82.9. The van der Waals surface area contributed by atoms with E-state index in [0.717, 1.165) is 6.29 Å². The van der Waals surface area contributed by atoms with Crippen molar-refractivity contribution in [1.29, 1.82) is 0 Å². The topological polar surface area (TPSA) is 35.5 Å². The predicted molar refractivity (Wildman–Crippen MR) is 38.0 cm³/mol. The van der Waals surface area contributed by atoms with Gasteiger partial charge in [0.2, 0.25) is 0 Å². The molecule has 0 aliphatic carbocycles. The van der Waals surface area contributed by atoms with Crippen LogP contribution >= 0.6 is 0 Å². The molecule has 0 aliphatic heterocycles. The summed E-state index contributed by atoms with van der Waals surface area (Å²) < 4.78 is 10.1. The summed E-state index contributed by atoms with van der Waals surface area (Å²) in [5.41, 5.74) is 0. The second kappa shape index (κ2) is 6.71. The Morgan fingerprint density at radius 3 is 2.80 bits per heavy atom. The molecule has 0 rings (SSSR count). The van der Waals surface area contributed by atoms with E-state index in [4.69, 9.17) is 9.47 Å². The monoisotopic (exact) mass is 146 g/mol. The summed E-state index contributed by atoms with van der Waals surface area (Å²) in [4.78, 5) is 9.82. The Labute approximate surface area is 61.3 Å². The zero-order chi connectivity index (χ0) is 7.82. The average molecular weight is 146 g/mol. The van der Waals surface area contributed by atoms with Crippen molar-refractivity contribution in [3.63, 3.8) is 0 Å². The fourth-order valence-corrected chi connectivity index (χ4v) is 0.535. The van der Waals surface area contributed by atoms with Crippen LogP contribution in [0.3, 0.4) is 0 Å². The lowest BCUT2D eigenvalue weighted by molar-refractivity contribution is -0.114. The lowest BCUT2D eigenvalue weighted by atomic mass is 10.4. The molecule has 0 spiro atoms. The maximum atomic E-state index is 9.82. The molecule has 0 saturated heterocycles. The molecular weight excluding hydrogens is 132 g/mol. The van der Waals surface area contributed by atoms with Gasteiger partial charge < -0.3 is 14.3 Å². The number of hydrogen-bond donors (Lipinski definition) is 0. The normalized spacial score (nSPS) is 13.0. The van der Waals surface area contributed by atoms with Gasteiger partial charge in [0.25, 0.3) is 0 Å². The van der Waals surface area contributed by atoms with Crippen LogP contribution in [0.1, 0.15) is 13.8 Å². The highest BCUT2D eigenvalue weighted by Crippen LogP contribution is 1.89. The van der Waals surface area contributed by atoms with Crippen LogP contribution in [-0.4, -0.2) is 32.2 Å². The maximum Gasteiger partial charge on any atom is 0.145 e. The van der Waals surface area contributed by atoms with Crippen LogP contribution in [0.2, 0.25) is 0 Å². The minimum atomic E-state index is 0.0187. The van der Waals surface area contributed by atoms with E-state index in [9.17, 15) is 4.79 Å². The fourth-order valence-electron chi connectivity index (χ4n) is 0.535. The minimum Gasteiger partial charge on any atom is -0.379 e. The van der Waals surface area contributed by atoms with E-state index in [1.54, 1.807) is 0 Å². The third-order valence-corrected chi connectivity index (χ3v) is 1.01. The van der Waals surface area contributed by atoms with E-state index < -0.39 is 0 Å². The molecule has 0 aliphatic rings. The molecule has 60 valence electrons. The van der Waals surface area contributed by atoms with E-state index in [0.29, 0.717) is 13.2 Å². The first-order chi connectivity index (χ1) is 4.81. The zero-order valence-corrected chi connectivity index (χ0v) is 6.50. The molecule has 1 atom stereocenters. The van der Waals surface area contributed by atoms with Crippen molar-refractivity contribution < 1.29 is 14.3 Å². The van der Waals surface area contributed by atoms with Gasteiger partial charge in [0.1, 0.15) is 12.9 Å². The van der Waals surface area contributed by atoms with Gasteiger partial charge in [-0.15, -0.1) is 0 Å². The quantitative estimate of drug-likeness (QED) is 0.515. The first-order valence-corrected chi connectivity index (χ1v) is 3.44. The first kappa shape index (κ1) is 9.59. The van der Waals surface area contributed by atoms with Crippen molar-refractivity contribution in [1.82, 2.24) is 0 Å². The summed E-state index contributed by atoms with van der Waals surface area (Å²) >= 11 is 0. The summed E-state index contributed by atoms with van der Waals surface area (Å²) in [6.07, 6.45) is 0.757. The van der Waals surface area contributed by atoms with Crippen LogP contribution in [0.15, 0.2) is 0 Å². The largest absolute Gasteiger partial charge is 0.379 e. The molecule has 0 aromatic rings. The van der Waals surface area contributed by atoms with Crippen LogP contribution < -0.4 is 0 Å². The summed E-state index contributed by atoms with van der Waals surface area (Å²) in [5, 5.41) is 0. The molecule has 3 heteroatoms. The highest BCUT2D eigenvalue weighted by atomic mass is 16.5. The van der Waals surface area contributed by atoms with Gasteiger partial charge in [-0.2, -0.15) is 0 Å². The van der Waals surface area contributed by atoms with Crippen molar-refractivity contribution >= 4 is 6.29 Å². The number of hydrogen-bond acceptors (Lipinski definition) is 3. The third kappa shape index (κ3) is 5.72. The SMILES string of the molecule is CCOCC(C)OCC=O. The van der Waals surface area contributed by atoms with Gasteiger partial charge in [0.05, 0.1) is 12.7 Å². The van der Waals surface area contributed by atoms with E-state index in [1.807, 2.05) is 13.8 Å². The zero-order valence-electron chi connectivity index (χ0n) is 6.50. The highest BCUT2D eigenvalue weighted by Gasteiger charge is 1.99. The van der Waals surface area contributed by atoms with Crippen LogP contribution in [0, 0.1) is 0 Å². The summed E-state index contributed by atoms with van der Waals surface area (Å²) in [7, 11) is 0. The van der Waals surface area contributed by atoms with Crippen molar-refractivity contribution in [3.05, 3.63) is 0 Å². The molecular formula is C7H14O3. The number of aldehydes is 1. The van der Waals surface area contributed by atoms with Gasteiger partial charge in [0.15, 0.2) is 0 Å². The molecule has 0 amide bonds. The molecule has 0 radical (unpaired) electrons. The summed E-state index contributed by atoms with van der Waals surface area (Å²) in [6.45, 7) is 5.21. The molecule has 0 aromatic heterocycles. The molecule has 0 fully saturated rings. The summed E-state index contributed by atoms with van der Waals surface area (Å²) in [5.74, 6) is 0. The van der Waals surface area contributed by atoms with Crippen molar-refractivity contribution in [2.75, 3.05) is 19.8 Å². The van der Waals surface area contributed by atoms with E-state index in [2.05, 4.69) is 0 Å². The average Bonchev–Trinajstić information content (AvgIpc) is 1.97. The predicted octanol–water partition coefficient (Wildman–Crippen LogP) is 0.627. The molecule has 0 bridgehead atoms. The molecule has 3 nitrogen and oxygen atoms in total. The number of ether oxygens (including phenoxy) is 2. The van der Waals surface area contributed by atoms with Gasteiger partial charge in [0, 0.05) is 6.61 Å². The van der Waals surface area contributed by atoms with E-state index in [1.165, 1.54) is 0 Å². The van der Waals surface area contributed by atoms with Crippen LogP contribution in [-0.2, 0) is 14.3 Å². The first-order valence-electron chi connectivity index (χ1n) is 3.44. The Morgan fingerprint density at radius 2 is 2.30 bits per heavy atom. The van der Waals surface area contributed by atoms with Crippen LogP contribution in [0.25, 0.3) is 0 Å². The lowest BCUT2D eigenvalue weighted by Crippen LogP contribution is -2.16. The van der Waals surface area contributed by atoms with E-state index in [-0.39, 0.29) is 12.7 Å². The Kier molecular flexibility index (Phi) is 6.43. The second-order valence-corrected chi connectivity index (χ2v) is 1.97. The maximum absolute atomic E-state index is 9.82. The third-order valence-electron chi connectivity index (χ3n) is 1.01. The van der Waals surface area contributed by atoms with Gasteiger partial charge in [-0.05, 0) is 13.8 Å². The minimum absolute atomic E-state index is 0.0187. The van der Waals surface area contributed by atoms with Crippen LogP contribution in [0.4, 0.5) is 0 Å². The van der Waals surface area contributed by atoms with Gasteiger partial charge in [-0.25, -0.2) is 0 Å². The highest BCUT2D eigenvalue weighted by molar-refractivity contribution is 5.50. The number of carbonyl (C=O) groups excluding carboxylic acids is 1. The lowest BCUT2D eigenvalue weighted by Gasteiger charge is -2.09. The number of rotatable bonds is 6. The van der Waals surface area contributed by atoms with Crippen LogP contribution in [0.5, 0.6) is 0 Å². The fraction of sp³-hybridized carbons (Fsp3) is 0.857. The Hall–Kier alpha value is -0.410. The summed E-state index contributed by atoms with van der Waals surface area (Å²) in [6, 6.07) is 0. The van der Waals surface area contributed by atoms with E-state index >= 15 is 0 Å². The molecule has 0 saturated carbocycles. The molecule has 0 aromatic carbocycles. The van der Waals surface area contributed by atoms with Gasteiger partial charge >= 0.3 is 0 Å². The van der Waals surface area contributed by atoms with Crippen molar-refractivity contribution in [2.45, 2.75) is 20.0 Å². The second-order valence-electron chi connectivity index (χ2n) is 1.97. The smallest absolute Gasteiger partial charge is 0.145 e. The molecule has 0 heterocycles. The standard InChI is InChI=1S/C7H14O3/c1-3-9-6-7(2)10-5-4-8/h4,7H,3,5-6H2,1-2H3. The molecule has 1 unspecified atom stereocenters. The number of carbonyl (C=O) groups is 1. The van der Waals surface area contributed by atoms with Gasteiger partial charge in [-0.1, -0.05) is 0 Å². The molecule has 10 heavy (non-hydrogen) atoms. The Balaban J connectivity index is 3.07.